The molecule has 1 aromatic carbocycles. The molecule has 1 heterocycles. The number of aromatic hydroxyl groups is 1. The van der Waals surface area contributed by atoms with E-state index in [1.165, 1.54) is 6.07 Å². The van der Waals surface area contributed by atoms with E-state index in [0.717, 1.165) is 5.69 Å². The van der Waals surface area contributed by atoms with E-state index in [1.807, 2.05) is 6.92 Å². The summed E-state index contributed by atoms with van der Waals surface area (Å²) in [5.74, 6) is 0.781. The lowest BCUT2D eigenvalue weighted by Gasteiger charge is -2.00. The number of H-pyrrole nitrogens is 1. The van der Waals surface area contributed by atoms with Gasteiger partial charge in [0, 0.05) is 16.9 Å². The number of aryl methyl sites for hydroxylation is 1. The third-order valence-corrected chi connectivity index (χ3v) is 2.15. The highest BCUT2D eigenvalue weighted by atomic mass is 35.5. The molecular formula is C10H9ClN2O. The van der Waals surface area contributed by atoms with Gasteiger partial charge in [-0.3, -0.25) is 0 Å². The van der Waals surface area contributed by atoms with E-state index in [0.29, 0.717) is 16.4 Å². The van der Waals surface area contributed by atoms with Crippen molar-refractivity contribution in [2.45, 2.75) is 6.92 Å². The minimum atomic E-state index is 0.131. The van der Waals surface area contributed by atoms with Crippen LogP contribution in [0.25, 0.3) is 11.4 Å². The van der Waals surface area contributed by atoms with Crippen molar-refractivity contribution in [3.05, 3.63) is 35.1 Å². The standard InChI is InChI=1S/C10H9ClN2O/c1-6-5-12-10(13-6)8-3-2-7(11)4-9(8)14/h2-5,14H,1H3,(H,12,13). The van der Waals surface area contributed by atoms with E-state index in [1.54, 1.807) is 18.3 Å². The first kappa shape index (κ1) is 9.09. The molecule has 1 aromatic heterocycles. The Kier molecular flexibility index (Phi) is 2.17. The van der Waals surface area contributed by atoms with Crippen molar-refractivity contribution in [1.29, 1.82) is 0 Å². The maximum atomic E-state index is 9.61. The Morgan fingerprint density at radius 1 is 1.43 bits per heavy atom. The number of rotatable bonds is 1. The smallest absolute Gasteiger partial charge is 0.141 e. The lowest BCUT2D eigenvalue weighted by Crippen LogP contribution is -1.81. The first-order valence-electron chi connectivity index (χ1n) is 4.17. The molecule has 0 fully saturated rings. The number of imidazole rings is 1. The number of halogens is 1. The van der Waals surface area contributed by atoms with Gasteiger partial charge in [0.15, 0.2) is 0 Å². The molecule has 0 atom stereocenters. The molecule has 0 radical (unpaired) electrons. The summed E-state index contributed by atoms with van der Waals surface area (Å²) >= 11 is 5.72. The zero-order valence-corrected chi connectivity index (χ0v) is 8.34. The quantitative estimate of drug-likeness (QED) is 0.757. The van der Waals surface area contributed by atoms with Gasteiger partial charge in [-0.25, -0.2) is 4.98 Å². The highest BCUT2D eigenvalue weighted by molar-refractivity contribution is 6.30. The monoisotopic (exact) mass is 208 g/mol. The van der Waals surface area contributed by atoms with Crippen LogP contribution in [0.4, 0.5) is 0 Å². The van der Waals surface area contributed by atoms with Crippen LogP contribution >= 0.6 is 11.6 Å². The highest BCUT2D eigenvalue weighted by Gasteiger charge is 2.07. The molecule has 0 aliphatic carbocycles. The molecule has 0 bridgehead atoms. The number of nitrogens with one attached hydrogen (secondary N) is 1. The van der Waals surface area contributed by atoms with Crippen molar-refractivity contribution in [1.82, 2.24) is 9.97 Å². The molecule has 2 rings (SSSR count). The zero-order chi connectivity index (χ0) is 10.1. The van der Waals surface area contributed by atoms with Crippen molar-refractivity contribution < 1.29 is 5.11 Å². The predicted octanol–water partition coefficient (Wildman–Crippen LogP) is 2.74. The third kappa shape index (κ3) is 1.59. The van der Waals surface area contributed by atoms with Gasteiger partial charge in [0.05, 0.1) is 5.56 Å². The lowest BCUT2D eigenvalue weighted by molar-refractivity contribution is 0.477. The van der Waals surface area contributed by atoms with Gasteiger partial charge in [-0.05, 0) is 25.1 Å². The highest BCUT2D eigenvalue weighted by Crippen LogP contribution is 2.29. The number of benzene rings is 1. The second-order valence-electron chi connectivity index (χ2n) is 3.08. The maximum absolute atomic E-state index is 9.61. The fourth-order valence-corrected chi connectivity index (χ4v) is 1.42. The number of nitrogens with zero attached hydrogens (tertiary/aromatic N) is 1. The molecule has 2 N–H and O–H groups in total. The van der Waals surface area contributed by atoms with Gasteiger partial charge in [-0.1, -0.05) is 11.6 Å². The van der Waals surface area contributed by atoms with Crippen LogP contribution in [0.1, 0.15) is 5.69 Å². The van der Waals surface area contributed by atoms with Gasteiger partial charge >= 0.3 is 0 Å². The number of hydrogen-bond acceptors (Lipinski definition) is 2. The van der Waals surface area contributed by atoms with E-state index in [2.05, 4.69) is 9.97 Å². The average Bonchev–Trinajstić information content (AvgIpc) is 2.51. The van der Waals surface area contributed by atoms with Crippen LogP contribution in [0.15, 0.2) is 24.4 Å². The molecule has 0 saturated heterocycles. The minimum absolute atomic E-state index is 0.131. The first-order chi connectivity index (χ1) is 6.66. The van der Waals surface area contributed by atoms with E-state index in [4.69, 9.17) is 11.6 Å². The van der Waals surface area contributed by atoms with Crippen molar-refractivity contribution >= 4 is 11.6 Å². The SMILES string of the molecule is Cc1cnc(-c2ccc(Cl)cc2O)[nH]1. The average molecular weight is 209 g/mol. The predicted molar refractivity (Wildman–Crippen MR) is 55.4 cm³/mol. The molecule has 2 aromatic rings. The summed E-state index contributed by atoms with van der Waals surface area (Å²) in [5, 5.41) is 10.1. The second-order valence-corrected chi connectivity index (χ2v) is 3.51. The Balaban J connectivity index is 2.52. The topological polar surface area (TPSA) is 48.9 Å². The largest absolute Gasteiger partial charge is 0.507 e. The van der Waals surface area contributed by atoms with E-state index in [9.17, 15) is 5.11 Å². The van der Waals surface area contributed by atoms with Crippen LogP contribution in [0.2, 0.25) is 5.02 Å². The van der Waals surface area contributed by atoms with Crippen LogP contribution < -0.4 is 0 Å². The Morgan fingerprint density at radius 3 is 2.79 bits per heavy atom. The summed E-state index contributed by atoms with van der Waals surface area (Å²) < 4.78 is 0. The minimum Gasteiger partial charge on any atom is -0.507 e. The van der Waals surface area contributed by atoms with E-state index >= 15 is 0 Å². The van der Waals surface area contributed by atoms with Crippen LogP contribution in [-0.4, -0.2) is 15.1 Å². The summed E-state index contributed by atoms with van der Waals surface area (Å²) in [6.45, 7) is 1.91. The molecule has 0 spiro atoms. The number of phenolic OH excluding ortho intramolecular Hbond substituents is 1. The van der Waals surface area contributed by atoms with Crippen molar-refractivity contribution in [2.24, 2.45) is 0 Å². The summed E-state index contributed by atoms with van der Waals surface area (Å²) in [6.07, 6.45) is 1.71. The number of aromatic nitrogens is 2. The van der Waals surface area contributed by atoms with Crippen LogP contribution in [-0.2, 0) is 0 Å². The Morgan fingerprint density at radius 2 is 2.21 bits per heavy atom. The van der Waals surface area contributed by atoms with Gasteiger partial charge in [0.1, 0.15) is 11.6 Å². The van der Waals surface area contributed by atoms with Gasteiger partial charge in [-0.15, -0.1) is 0 Å². The lowest BCUT2D eigenvalue weighted by atomic mass is 10.2. The summed E-state index contributed by atoms with van der Waals surface area (Å²) in [6, 6.07) is 4.94. The van der Waals surface area contributed by atoms with Gasteiger partial charge in [0.25, 0.3) is 0 Å². The molecule has 0 aliphatic rings. The molecule has 3 nitrogen and oxygen atoms in total. The normalized spacial score (nSPS) is 10.4. The van der Waals surface area contributed by atoms with Gasteiger partial charge in [0.2, 0.25) is 0 Å². The van der Waals surface area contributed by atoms with Crippen LogP contribution in [0.5, 0.6) is 5.75 Å². The molecule has 0 saturated carbocycles. The zero-order valence-electron chi connectivity index (χ0n) is 7.58. The number of hydrogen-bond donors (Lipinski definition) is 2. The Labute approximate surface area is 86.4 Å². The van der Waals surface area contributed by atoms with Crippen molar-refractivity contribution in [3.8, 4) is 17.1 Å². The summed E-state index contributed by atoms with van der Waals surface area (Å²) in [5.41, 5.74) is 1.61. The third-order valence-electron chi connectivity index (χ3n) is 1.92. The van der Waals surface area contributed by atoms with Gasteiger partial charge < -0.3 is 10.1 Å². The first-order valence-corrected chi connectivity index (χ1v) is 4.55. The fourth-order valence-electron chi connectivity index (χ4n) is 1.25. The molecule has 4 heteroatoms. The molecule has 72 valence electrons. The Hall–Kier alpha value is -1.48. The van der Waals surface area contributed by atoms with Gasteiger partial charge in [-0.2, -0.15) is 0 Å². The molecule has 0 amide bonds. The van der Waals surface area contributed by atoms with Crippen LogP contribution in [0.3, 0.4) is 0 Å². The van der Waals surface area contributed by atoms with Crippen LogP contribution in [0, 0.1) is 6.92 Å². The summed E-state index contributed by atoms with van der Waals surface area (Å²) in [7, 11) is 0. The summed E-state index contributed by atoms with van der Waals surface area (Å²) in [4.78, 5) is 7.16. The Bertz CT molecular complexity index is 465. The number of aromatic amines is 1. The van der Waals surface area contributed by atoms with Crippen molar-refractivity contribution in [2.75, 3.05) is 0 Å². The molecular weight excluding hydrogens is 200 g/mol. The molecule has 0 unspecified atom stereocenters. The van der Waals surface area contributed by atoms with Crippen molar-refractivity contribution in [3.63, 3.8) is 0 Å². The maximum Gasteiger partial charge on any atom is 0.141 e. The van der Waals surface area contributed by atoms with E-state index in [-0.39, 0.29) is 5.75 Å². The molecule has 14 heavy (non-hydrogen) atoms. The van der Waals surface area contributed by atoms with E-state index < -0.39 is 0 Å². The second kappa shape index (κ2) is 3.35. The fraction of sp³-hybridized carbons (Fsp3) is 0.100. The number of phenols is 1. The molecule has 0 aliphatic heterocycles.